The molecule has 3 aromatic rings. The van der Waals surface area contributed by atoms with Crippen LogP contribution >= 0.6 is 0 Å². The van der Waals surface area contributed by atoms with Crippen molar-refractivity contribution in [2.75, 3.05) is 33.8 Å². The standard InChI is InChI=1S/C23H26FN3O3.C2H6/c1-14-10-21(30-3)18(16-6-7-25-22(14)16)12-27-9-8-26(2)13-20(27)15-4-5-17(23(28)29)19(24)11-15;1-2/h4-7,10-11,20,25H,8-9,12-13H2,1-3H3,(H,28,29);1-2H3. The van der Waals surface area contributed by atoms with Gasteiger partial charge in [-0.05, 0) is 49.4 Å². The summed E-state index contributed by atoms with van der Waals surface area (Å²) in [6.07, 6.45) is 1.93. The fraction of sp³-hybridized carbons (Fsp3) is 0.400. The van der Waals surface area contributed by atoms with Gasteiger partial charge in [0.05, 0.1) is 12.7 Å². The number of aromatic nitrogens is 1. The number of hydrogen-bond acceptors (Lipinski definition) is 4. The zero-order valence-corrected chi connectivity index (χ0v) is 19.4. The Labute approximate surface area is 188 Å². The molecule has 0 aliphatic carbocycles. The molecule has 2 N–H and O–H groups in total. The van der Waals surface area contributed by atoms with E-state index in [2.05, 4.69) is 27.8 Å². The lowest BCUT2D eigenvalue weighted by atomic mass is 9.98. The minimum Gasteiger partial charge on any atom is -0.496 e. The molecule has 1 aromatic heterocycles. The van der Waals surface area contributed by atoms with Gasteiger partial charge < -0.3 is 19.7 Å². The van der Waals surface area contributed by atoms with Crippen LogP contribution in [0.15, 0.2) is 36.5 Å². The van der Waals surface area contributed by atoms with Gasteiger partial charge in [-0.1, -0.05) is 19.9 Å². The first-order valence-corrected chi connectivity index (χ1v) is 11.0. The number of nitrogens with zero attached hydrogens (tertiary/aromatic N) is 2. The summed E-state index contributed by atoms with van der Waals surface area (Å²) in [6, 6.07) is 8.49. The highest BCUT2D eigenvalue weighted by atomic mass is 19.1. The average molecular weight is 442 g/mol. The van der Waals surface area contributed by atoms with E-state index >= 15 is 0 Å². The third kappa shape index (κ3) is 4.64. The topological polar surface area (TPSA) is 68.8 Å². The van der Waals surface area contributed by atoms with E-state index in [4.69, 9.17) is 9.84 Å². The minimum atomic E-state index is -1.25. The van der Waals surface area contributed by atoms with Crippen LogP contribution in [0.2, 0.25) is 0 Å². The number of halogens is 1. The van der Waals surface area contributed by atoms with Crippen molar-refractivity contribution in [3.8, 4) is 5.75 Å². The number of aromatic carboxylic acids is 1. The van der Waals surface area contributed by atoms with Crippen molar-refractivity contribution in [1.29, 1.82) is 0 Å². The molecule has 0 amide bonds. The van der Waals surface area contributed by atoms with Gasteiger partial charge in [-0.2, -0.15) is 0 Å². The number of ether oxygens (including phenoxy) is 1. The zero-order valence-electron chi connectivity index (χ0n) is 19.4. The quantitative estimate of drug-likeness (QED) is 0.593. The molecule has 6 nitrogen and oxygen atoms in total. The highest BCUT2D eigenvalue weighted by molar-refractivity contribution is 5.88. The van der Waals surface area contributed by atoms with Crippen LogP contribution in [0, 0.1) is 12.7 Å². The first-order chi connectivity index (χ1) is 15.4. The predicted molar refractivity (Wildman–Crippen MR) is 125 cm³/mol. The van der Waals surface area contributed by atoms with Crippen molar-refractivity contribution in [3.63, 3.8) is 0 Å². The number of methoxy groups -OCH3 is 1. The number of aromatic amines is 1. The molecular weight excluding hydrogens is 409 g/mol. The number of aryl methyl sites for hydroxylation is 1. The van der Waals surface area contributed by atoms with Gasteiger partial charge in [-0.3, -0.25) is 4.90 Å². The molecule has 0 bridgehead atoms. The van der Waals surface area contributed by atoms with Gasteiger partial charge in [0.1, 0.15) is 11.6 Å². The van der Waals surface area contributed by atoms with Crippen molar-refractivity contribution in [3.05, 3.63) is 64.6 Å². The second kappa shape index (κ2) is 10.1. The van der Waals surface area contributed by atoms with E-state index in [0.717, 1.165) is 53.0 Å². The minimum absolute atomic E-state index is 0.0545. The third-order valence-corrected chi connectivity index (χ3v) is 6.00. The van der Waals surface area contributed by atoms with Crippen LogP contribution in [0.3, 0.4) is 0 Å². The Balaban J connectivity index is 0.00000141. The molecule has 4 rings (SSSR count). The number of piperazine rings is 1. The fourth-order valence-corrected chi connectivity index (χ4v) is 4.36. The lowest BCUT2D eigenvalue weighted by Crippen LogP contribution is -2.46. The van der Waals surface area contributed by atoms with Crippen molar-refractivity contribution < 1.29 is 19.0 Å². The highest BCUT2D eigenvalue weighted by Crippen LogP contribution is 2.35. The van der Waals surface area contributed by atoms with Crippen LogP contribution in [-0.2, 0) is 6.54 Å². The Hall–Kier alpha value is -2.90. The van der Waals surface area contributed by atoms with Gasteiger partial charge in [0.25, 0.3) is 0 Å². The molecule has 2 aromatic carbocycles. The Kier molecular flexibility index (Phi) is 7.53. The number of H-pyrrole nitrogens is 1. The van der Waals surface area contributed by atoms with E-state index in [9.17, 15) is 9.18 Å². The van der Waals surface area contributed by atoms with E-state index < -0.39 is 11.8 Å². The van der Waals surface area contributed by atoms with E-state index in [1.54, 1.807) is 13.2 Å². The number of fused-ring (bicyclic) bond motifs is 1. The van der Waals surface area contributed by atoms with Crippen LogP contribution < -0.4 is 4.74 Å². The summed E-state index contributed by atoms with van der Waals surface area (Å²) < 4.78 is 20.1. The molecular formula is C25H32FN3O3. The molecule has 1 fully saturated rings. The van der Waals surface area contributed by atoms with Crippen LogP contribution in [0.25, 0.3) is 10.9 Å². The third-order valence-electron chi connectivity index (χ3n) is 6.00. The molecule has 2 heterocycles. The first kappa shape index (κ1) is 23.8. The molecule has 1 atom stereocenters. The second-order valence-corrected chi connectivity index (χ2v) is 7.93. The van der Waals surface area contributed by atoms with Crippen LogP contribution in [0.1, 0.15) is 46.9 Å². The summed E-state index contributed by atoms with van der Waals surface area (Å²) >= 11 is 0. The average Bonchev–Trinajstić information content (AvgIpc) is 3.28. The Morgan fingerprint density at radius 2 is 2.00 bits per heavy atom. The largest absolute Gasteiger partial charge is 0.496 e. The monoisotopic (exact) mass is 441 g/mol. The van der Waals surface area contributed by atoms with Crippen molar-refractivity contribution in [1.82, 2.24) is 14.8 Å². The lowest BCUT2D eigenvalue weighted by molar-refractivity contribution is 0.0690. The number of carbonyl (C=O) groups is 1. The summed E-state index contributed by atoms with van der Waals surface area (Å²) in [5, 5.41) is 10.3. The molecule has 0 spiro atoms. The van der Waals surface area contributed by atoms with Gasteiger partial charge in [0.2, 0.25) is 0 Å². The molecule has 1 saturated heterocycles. The molecule has 0 saturated carbocycles. The molecule has 7 heteroatoms. The SMILES string of the molecule is CC.COc1cc(C)c2[nH]ccc2c1CN1CCN(C)CC1c1ccc(C(=O)O)c(F)c1. The van der Waals surface area contributed by atoms with Gasteiger partial charge in [0, 0.05) is 54.9 Å². The van der Waals surface area contributed by atoms with E-state index in [0.29, 0.717) is 6.54 Å². The van der Waals surface area contributed by atoms with Crippen molar-refractivity contribution in [2.45, 2.75) is 33.4 Å². The zero-order chi connectivity index (χ0) is 23.4. The molecule has 1 aliphatic heterocycles. The first-order valence-electron chi connectivity index (χ1n) is 11.0. The predicted octanol–water partition coefficient (Wildman–Crippen LogP) is 4.84. The number of rotatable bonds is 5. The smallest absolute Gasteiger partial charge is 0.338 e. The number of nitrogens with one attached hydrogen (secondary N) is 1. The number of likely N-dealkylation sites (N-methyl/N-ethyl adjacent to an activating group) is 1. The number of benzene rings is 2. The van der Waals surface area contributed by atoms with Gasteiger partial charge in [0.15, 0.2) is 0 Å². The number of hydrogen-bond donors (Lipinski definition) is 2. The van der Waals surface area contributed by atoms with Crippen LogP contribution in [0.4, 0.5) is 4.39 Å². The lowest BCUT2D eigenvalue weighted by Gasteiger charge is -2.40. The van der Waals surface area contributed by atoms with Crippen molar-refractivity contribution in [2.24, 2.45) is 0 Å². The summed E-state index contributed by atoms with van der Waals surface area (Å²) in [5.41, 5.74) is 3.78. The Morgan fingerprint density at radius 1 is 1.25 bits per heavy atom. The fourth-order valence-electron chi connectivity index (χ4n) is 4.36. The highest BCUT2D eigenvalue weighted by Gasteiger charge is 2.29. The maximum atomic E-state index is 14.4. The maximum Gasteiger partial charge on any atom is 0.338 e. The molecule has 1 aliphatic rings. The Bertz CT molecular complexity index is 1100. The van der Waals surface area contributed by atoms with Crippen LogP contribution in [-0.4, -0.2) is 59.7 Å². The van der Waals surface area contributed by atoms with E-state index in [1.807, 2.05) is 33.2 Å². The summed E-state index contributed by atoms with van der Waals surface area (Å²) in [6.45, 7) is 9.15. The molecule has 1 unspecified atom stereocenters. The maximum absolute atomic E-state index is 14.4. The van der Waals surface area contributed by atoms with E-state index in [1.165, 1.54) is 12.1 Å². The van der Waals surface area contributed by atoms with Gasteiger partial charge in [-0.25, -0.2) is 9.18 Å². The molecule has 0 radical (unpaired) electrons. The Morgan fingerprint density at radius 3 is 2.66 bits per heavy atom. The van der Waals surface area contributed by atoms with Gasteiger partial charge in [-0.15, -0.1) is 0 Å². The number of carboxylic acids is 1. The molecule has 172 valence electrons. The van der Waals surface area contributed by atoms with Gasteiger partial charge >= 0.3 is 5.97 Å². The van der Waals surface area contributed by atoms with Crippen molar-refractivity contribution >= 4 is 16.9 Å². The van der Waals surface area contributed by atoms with E-state index in [-0.39, 0.29) is 11.6 Å². The number of carboxylic acid groups (broad SMARTS) is 1. The second-order valence-electron chi connectivity index (χ2n) is 7.93. The normalized spacial score (nSPS) is 17.1. The summed E-state index contributed by atoms with van der Waals surface area (Å²) in [5.74, 6) is -1.12. The summed E-state index contributed by atoms with van der Waals surface area (Å²) in [7, 11) is 3.72. The summed E-state index contributed by atoms with van der Waals surface area (Å²) in [4.78, 5) is 19.0. The van der Waals surface area contributed by atoms with Crippen LogP contribution in [0.5, 0.6) is 5.75 Å². The molecule has 32 heavy (non-hydrogen) atoms.